The van der Waals surface area contributed by atoms with Crippen molar-refractivity contribution in [2.75, 3.05) is 6.54 Å². The highest BCUT2D eigenvalue weighted by Crippen LogP contribution is 2.11. The van der Waals surface area contributed by atoms with Crippen molar-refractivity contribution in [3.05, 3.63) is 35.6 Å². The van der Waals surface area contributed by atoms with Gasteiger partial charge in [0.2, 0.25) is 11.8 Å². The van der Waals surface area contributed by atoms with Gasteiger partial charge < -0.3 is 10.6 Å². The summed E-state index contributed by atoms with van der Waals surface area (Å²) in [5.41, 5.74) is 0.464. The van der Waals surface area contributed by atoms with Gasteiger partial charge in [-0.3, -0.25) is 9.59 Å². The van der Waals surface area contributed by atoms with Crippen molar-refractivity contribution in [2.24, 2.45) is 5.92 Å². The van der Waals surface area contributed by atoms with E-state index in [4.69, 9.17) is 0 Å². The van der Waals surface area contributed by atoms with Crippen LogP contribution in [0.1, 0.15) is 18.4 Å². The van der Waals surface area contributed by atoms with Gasteiger partial charge in [-0.2, -0.15) is 0 Å². The first-order valence-corrected chi connectivity index (χ1v) is 5.94. The second-order valence-electron chi connectivity index (χ2n) is 4.35. The monoisotopic (exact) mass is 250 g/mol. The fourth-order valence-corrected chi connectivity index (χ4v) is 1.93. The van der Waals surface area contributed by atoms with Gasteiger partial charge in [0.05, 0.1) is 5.92 Å². The number of amides is 2. The first-order chi connectivity index (χ1) is 8.66. The van der Waals surface area contributed by atoms with Gasteiger partial charge in [0.25, 0.3) is 0 Å². The number of halogens is 1. The molecule has 0 aliphatic carbocycles. The molecule has 2 N–H and O–H groups in total. The molecule has 1 aliphatic rings. The van der Waals surface area contributed by atoms with Crippen LogP contribution in [0.15, 0.2) is 24.3 Å². The minimum Gasteiger partial charge on any atom is -0.355 e. The number of hydrogen-bond acceptors (Lipinski definition) is 2. The molecule has 0 aromatic heterocycles. The molecule has 1 heterocycles. The third-order valence-corrected chi connectivity index (χ3v) is 3.05. The van der Waals surface area contributed by atoms with E-state index in [1.807, 2.05) is 0 Å². The Labute approximate surface area is 105 Å². The molecule has 1 aliphatic heterocycles. The van der Waals surface area contributed by atoms with E-state index in [1.165, 1.54) is 6.07 Å². The van der Waals surface area contributed by atoms with Crippen LogP contribution in [0, 0.1) is 11.7 Å². The molecule has 1 fully saturated rings. The van der Waals surface area contributed by atoms with Crippen molar-refractivity contribution < 1.29 is 14.0 Å². The third kappa shape index (κ3) is 3.06. The standard InChI is InChI=1S/C13H15FN2O2/c14-11-4-2-1-3-9(11)7-16-13(18)10-5-6-12(17)15-8-10/h1-4,10H,5-8H2,(H,15,17)(H,16,18). The number of carbonyl (C=O) groups is 2. The maximum Gasteiger partial charge on any atom is 0.225 e. The summed E-state index contributed by atoms with van der Waals surface area (Å²) < 4.78 is 13.3. The Morgan fingerprint density at radius 1 is 1.44 bits per heavy atom. The van der Waals surface area contributed by atoms with Crippen LogP contribution in [0.4, 0.5) is 4.39 Å². The van der Waals surface area contributed by atoms with E-state index in [0.717, 1.165) is 0 Å². The maximum atomic E-state index is 13.3. The van der Waals surface area contributed by atoms with Crippen molar-refractivity contribution in [2.45, 2.75) is 19.4 Å². The number of benzene rings is 1. The predicted octanol–water partition coefficient (Wildman–Crippen LogP) is 0.968. The summed E-state index contributed by atoms with van der Waals surface area (Å²) in [5.74, 6) is -0.698. The Morgan fingerprint density at radius 2 is 2.22 bits per heavy atom. The van der Waals surface area contributed by atoms with E-state index in [0.29, 0.717) is 24.9 Å². The molecule has 1 aromatic rings. The smallest absolute Gasteiger partial charge is 0.225 e. The van der Waals surface area contributed by atoms with Gasteiger partial charge in [0.15, 0.2) is 0 Å². The third-order valence-electron chi connectivity index (χ3n) is 3.05. The van der Waals surface area contributed by atoms with Crippen molar-refractivity contribution in [3.63, 3.8) is 0 Å². The van der Waals surface area contributed by atoms with Crippen molar-refractivity contribution >= 4 is 11.8 Å². The van der Waals surface area contributed by atoms with E-state index in [1.54, 1.807) is 18.2 Å². The number of piperidine rings is 1. The lowest BCUT2D eigenvalue weighted by atomic mass is 9.98. The van der Waals surface area contributed by atoms with Crippen LogP contribution in [0.2, 0.25) is 0 Å². The Balaban J connectivity index is 1.85. The SMILES string of the molecule is O=C1CCC(C(=O)NCc2ccccc2F)CN1. The first kappa shape index (κ1) is 12.5. The quantitative estimate of drug-likeness (QED) is 0.839. The lowest BCUT2D eigenvalue weighted by Crippen LogP contribution is -2.42. The number of carbonyl (C=O) groups excluding carboxylic acids is 2. The molecule has 4 nitrogen and oxygen atoms in total. The Kier molecular flexibility index (Phi) is 3.92. The molecule has 2 rings (SSSR count). The molecule has 0 radical (unpaired) electrons. The van der Waals surface area contributed by atoms with Gasteiger partial charge in [-0.15, -0.1) is 0 Å². The van der Waals surface area contributed by atoms with Crippen molar-refractivity contribution in [1.82, 2.24) is 10.6 Å². The van der Waals surface area contributed by atoms with Crippen LogP contribution in [0.5, 0.6) is 0 Å². The average molecular weight is 250 g/mol. The van der Waals surface area contributed by atoms with Gasteiger partial charge in [-0.1, -0.05) is 18.2 Å². The van der Waals surface area contributed by atoms with Crippen LogP contribution >= 0.6 is 0 Å². The summed E-state index contributed by atoms with van der Waals surface area (Å²) in [6.07, 6.45) is 0.923. The number of nitrogens with one attached hydrogen (secondary N) is 2. The molecule has 18 heavy (non-hydrogen) atoms. The number of rotatable bonds is 3. The number of hydrogen-bond donors (Lipinski definition) is 2. The molecular weight excluding hydrogens is 235 g/mol. The highest BCUT2D eigenvalue weighted by molar-refractivity contribution is 5.83. The largest absolute Gasteiger partial charge is 0.355 e. The highest BCUT2D eigenvalue weighted by Gasteiger charge is 2.24. The van der Waals surface area contributed by atoms with Gasteiger partial charge in [0.1, 0.15) is 5.82 Å². The predicted molar refractivity (Wildman–Crippen MR) is 64.0 cm³/mol. The lowest BCUT2D eigenvalue weighted by Gasteiger charge is -2.21. The summed E-state index contributed by atoms with van der Waals surface area (Å²) in [4.78, 5) is 22.8. The van der Waals surface area contributed by atoms with E-state index >= 15 is 0 Å². The molecule has 96 valence electrons. The molecular formula is C13H15FN2O2. The van der Waals surface area contributed by atoms with E-state index in [-0.39, 0.29) is 30.1 Å². The molecule has 1 unspecified atom stereocenters. The van der Waals surface area contributed by atoms with Crippen LogP contribution in [-0.4, -0.2) is 18.4 Å². The Hall–Kier alpha value is -1.91. The summed E-state index contributed by atoms with van der Waals surface area (Å²) in [6.45, 7) is 0.540. The molecule has 0 saturated carbocycles. The zero-order valence-corrected chi connectivity index (χ0v) is 9.91. The molecule has 2 amide bonds. The van der Waals surface area contributed by atoms with Crippen LogP contribution in [-0.2, 0) is 16.1 Å². The van der Waals surface area contributed by atoms with Gasteiger partial charge in [-0.05, 0) is 12.5 Å². The van der Waals surface area contributed by atoms with Crippen LogP contribution < -0.4 is 10.6 Å². The molecule has 5 heteroatoms. The molecule has 0 spiro atoms. The van der Waals surface area contributed by atoms with Gasteiger partial charge in [-0.25, -0.2) is 4.39 Å². The second kappa shape index (κ2) is 5.62. The molecule has 1 saturated heterocycles. The van der Waals surface area contributed by atoms with Gasteiger partial charge in [0, 0.05) is 25.1 Å². The second-order valence-corrected chi connectivity index (χ2v) is 4.35. The van der Waals surface area contributed by atoms with Crippen LogP contribution in [0.25, 0.3) is 0 Å². The maximum absolute atomic E-state index is 13.3. The average Bonchev–Trinajstić information content (AvgIpc) is 2.38. The Bertz CT molecular complexity index is 452. The fourth-order valence-electron chi connectivity index (χ4n) is 1.93. The Morgan fingerprint density at radius 3 is 2.89 bits per heavy atom. The normalized spacial score (nSPS) is 19.2. The molecule has 1 atom stereocenters. The van der Waals surface area contributed by atoms with Gasteiger partial charge >= 0.3 is 0 Å². The summed E-state index contributed by atoms with van der Waals surface area (Å²) in [5, 5.41) is 5.34. The minimum atomic E-state index is -0.324. The van der Waals surface area contributed by atoms with E-state index in [2.05, 4.69) is 10.6 Å². The first-order valence-electron chi connectivity index (χ1n) is 5.94. The van der Waals surface area contributed by atoms with Crippen molar-refractivity contribution in [1.29, 1.82) is 0 Å². The fraction of sp³-hybridized carbons (Fsp3) is 0.385. The zero-order valence-electron chi connectivity index (χ0n) is 9.91. The topological polar surface area (TPSA) is 58.2 Å². The molecule has 1 aromatic carbocycles. The minimum absolute atomic E-state index is 0.0202. The van der Waals surface area contributed by atoms with E-state index in [9.17, 15) is 14.0 Å². The molecule has 0 bridgehead atoms. The van der Waals surface area contributed by atoms with E-state index < -0.39 is 0 Å². The summed E-state index contributed by atoms with van der Waals surface area (Å²) in [6, 6.07) is 6.34. The highest BCUT2D eigenvalue weighted by atomic mass is 19.1. The van der Waals surface area contributed by atoms with Crippen LogP contribution in [0.3, 0.4) is 0 Å². The van der Waals surface area contributed by atoms with Crippen molar-refractivity contribution in [3.8, 4) is 0 Å². The zero-order chi connectivity index (χ0) is 13.0. The summed E-state index contributed by atoms with van der Waals surface area (Å²) in [7, 11) is 0. The lowest BCUT2D eigenvalue weighted by molar-refractivity contribution is -0.129. The summed E-state index contributed by atoms with van der Waals surface area (Å²) >= 11 is 0.